The summed E-state index contributed by atoms with van der Waals surface area (Å²) in [6.45, 7) is 0. The van der Waals surface area contributed by atoms with Crippen LogP contribution in [0, 0.1) is 0 Å². The summed E-state index contributed by atoms with van der Waals surface area (Å²) in [5.41, 5.74) is 5.62. The van der Waals surface area contributed by atoms with Crippen molar-refractivity contribution in [2.45, 2.75) is 0 Å². The zero-order valence-corrected chi connectivity index (χ0v) is 30.2. The number of benzene rings is 7. The van der Waals surface area contributed by atoms with Crippen LogP contribution in [0.2, 0.25) is 0 Å². The first-order valence-electron chi connectivity index (χ1n) is 17.7. The van der Waals surface area contributed by atoms with Gasteiger partial charge in [-0.15, -0.1) is 0 Å². The van der Waals surface area contributed by atoms with E-state index in [1.165, 1.54) is 18.2 Å². The lowest BCUT2D eigenvalue weighted by Gasteiger charge is -2.12. The molecular formula is C45H33N9O3. The van der Waals surface area contributed by atoms with E-state index in [1.54, 1.807) is 72.8 Å². The van der Waals surface area contributed by atoms with Gasteiger partial charge in [-0.3, -0.25) is 14.4 Å². The largest absolute Gasteiger partial charge is 0.322 e. The SMILES string of the molecule is O=C(Nc1ccc(N=Nc2ccccc2)cc1)c1cc(C(=O)Nc2ccc(N=Nc3ccccc3)cc2)cc(C(=O)Nc2ccc(N=Nc3ccccc3)cc2)c1. The van der Waals surface area contributed by atoms with E-state index in [0.29, 0.717) is 51.2 Å². The van der Waals surface area contributed by atoms with Crippen molar-refractivity contribution in [3.8, 4) is 0 Å². The molecule has 0 spiro atoms. The Morgan fingerprint density at radius 2 is 0.491 bits per heavy atom. The normalized spacial score (nSPS) is 11.2. The van der Waals surface area contributed by atoms with Crippen molar-refractivity contribution in [1.29, 1.82) is 0 Å². The first-order valence-corrected chi connectivity index (χ1v) is 17.7. The molecular weight excluding hydrogens is 715 g/mol. The molecule has 0 heterocycles. The molecule has 276 valence electrons. The number of anilines is 3. The number of nitrogens with zero attached hydrogens (tertiary/aromatic N) is 6. The summed E-state index contributed by atoms with van der Waals surface area (Å²) in [6, 6.07) is 52.7. The number of hydrogen-bond donors (Lipinski definition) is 3. The minimum atomic E-state index is -0.529. The maximum atomic E-state index is 13.6. The maximum absolute atomic E-state index is 13.6. The van der Waals surface area contributed by atoms with Crippen LogP contribution in [-0.2, 0) is 0 Å². The van der Waals surface area contributed by atoms with Gasteiger partial charge < -0.3 is 16.0 Å². The highest BCUT2D eigenvalue weighted by Gasteiger charge is 2.18. The number of rotatable bonds is 12. The Balaban J connectivity index is 1.08. The third-order valence-electron chi connectivity index (χ3n) is 8.21. The number of amides is 3. The molecule has 0 saturated carbocycles. The summed E-state index contributed by atoms with van der Waals surface area (Å²) < 4.78 is 0. The van der Waals surface area contributed by atoms with Gasteiger partial charge in [0.05, 0.1) is 34.1 Å². The van der Waals surface area contributed by atoms with Gasteiger partial charge in [-0.05, 0) is 127 Å². The van der Waals surface area contributed by atoms with Crippen LogP contribution in [0.5, 0.6) is 0 Å². The number of nitrogens with one attached hydrogen (secondary N) is 3. The second-order valence-electron chi connectivity index (χ2n) is 12.4. The van der Waals surface area contributed by atoms with E-state index in [1.807, 2.05) is 91.0 Å². The molecule has 57 heavy (non-hydrogen) atoms. The first-order chi connectivity index (χ1) is 27.9. The van der Waals surface area contributed by atoms with E-state index >= 15 is 0 Å². The average Bonchev–Trinajstić information content (AvgIpc) is 3.26. The summed E-state index contributed by atoms with van der Waals surface area (Å²) in [5, 5.41) is 33.9. The van der Waals surface area contributed by atoms with Crippen LogP contribution in [0.4, 0.5) is 51.2 Å². The van der Waals surface area contributed by atoms with Gasteiger partial charge in [0.1, 0.15) is 0 Å². The van der Waals surface area contributed by atoms with Crippen molar-refractivity contribution in [2.75, 3.05) is 16.0 Å². The van der Waals surface area contributed by atoms with Crippen molar-refractivity contribution >= 4 is 68.9 Å². The van der Waals surface area contributed by atoms with Crippen LogP contribution >= 0.6 is 0 Å². The molecule has 7 aromatic carbocycles. The lowest BCUT2D eigenvalue weighted by Crippen LogP contribution is -2.19. The molecule has 3 N–H and O–H groups in total. The Hall–Kier alpha value is -8.25. The summed E-state index contributed by atoms with van der Waals surface area (Å²) in [7, 11) is 0. The molecule has 7 aromatic rings. The van der Waals surface area contributed by atoms with E-state index in [0.717, 1.165) is 0 Å². The van der Waals surface area contributed by atoms with Crippen molar-refractivity contribution in [1.82, 2.24) is 0 Å². The van der Waals surface area contributed by atoms with E-state index in [4.69, 9.17) is 0 Å². The zero-order chi connectivity index (χ0) is 39.2. The van der Waals surface area contributed by atoms with Crippen LogP contribution in [0.1, 0.15) is 31.1 Å². The van der Waals surface area contributed by atoms with Gasteiger partial charge in [-0.1, -0.05) is 54.6 Å². The second kappa shape index (κ2) is 18.2. The number of azo groups is 3. The molecule has 0 aromatic heterocycles. The fourth-order valence-electron chi connectivity index (χ4n) is 5.30. The molecule has 0 fully saturated rings. The summed E-state index contributed by atoms with van der Waals surface area (Å²) in [4.78, 5) is 40.9. The summed E-state index contributed by atoms with van der Waals surface area (Å²) in [6.07, 6.45) is 0. The predicted octanol–water partition coefficient (Wildman–Crippen LogP) is 12.7. The van der Waals surface area contributed by atoms with Gasteiger partial charge in [0.15, 0.2) is 0 Å². The van der Waals surface area contributed by atoms with Gasteiger partial charge in [0.25, 0.3) is 17.7 Å². The Bertz CT molecular complexity index is 2260. The number of carbonyl (C=O) groups excluding carboxylic acids is 3. The summed E-state index contributed by atoms with van der Waals surface area (Å²) in [5.74, 6) is -1.59. The van der Waals surface area contributed by atoms with Gasteiger partial charge in [-0.2, -0.15) is 30.7 Å². The smallest absolute Gasteiger partial charge is 0.255 e. The Kier molecular flexibility index (Phi) is 11.8. The first kappa shape index (κ1) is 37.1. The Labute approximate surface area is 327 Å². The zero-order valence-electron chi connectivity index (χ0n) is 30.2. The molecule has 12 nitrogen and oxygen atoms in total. The topological polar surface area (TPSA) is 161 Å². The summed E-state index contributed by atoms with van der Waals surface area (Å²) >= 11 is 0. The minimum absolute atomic E-state index is 0.0917. The quantitative estimate of drug-likeness (QED) is 0.106. The molecule has 0 aliphatic rings. The lowest BCUT2D eigenvalue weighted by molar-refractivity contribution is 0.102. The molecule has 0 aliphatic carbocycles. The van der Waals surface area contributed by atoms with E-state index in [-0.39, 0.29) is 16.7 Å². The molecule has 0 aliphatic heterocycles. The van der Waals surface area contributed by atoms with Crippen LogP contribution in [0.25, 0.3) is 0 Å². The van der Waals surface area contributed by atoms with Crippen molar-refractivity contribution in [3.05, 3.63) is 199 Å². The van der Waals surface area contributed by atoms with Crippen molar-refractivity contribution < 1.29 is 14.4 Å². The average molecular weight is 748 g/mol. The third-order valence-corrected chi connectivity index (χ3v) is 8.21. The molecule has 0 unspecified atom stereocenters. The highest BCUT2D eigenvalue weighted by atomic mass is 16.2. The molecule has 0 radical (unpaired) electrons. The van der Waals surface area contributed by atoms with Crippen molar-refractivity contribution in [3.63, 3.8) is 0 Å². The number of hydrogen-bond acceptors (Lipinski definition) is 9. The predicted molar refractivity (Wildman–Crippen MR) is 221 cm³/mol. The molecule has 0 bridgehead atoms. The standard InChI is InChI=1S/C45H33N9O3/c55-43(46-34-16-22-40(23-17-34)52-49-37-10-4-1-5-11-37)31-28-32(44(56)47-35-18-24-41(25-19-35)53-50-38-12-6-2-7-13-38)30-33(29-31)45(57)48-36-20-26-42(27-21-36)54-51-39-14-8-3-9-15-39/h1-30H,(H,46,55)(H,47,56)(H,48,57). The molecule has 3 amide bonds. The molecule has 7 rings (SSSR count). The molecule has 12 heteroatoms. The van der Waals surface area contributed by atoms with Gasteiger partial charge >= 0.3 is 0 Å². The van der Waals surface area contributed by atoms with Crippen molar-refractivity contribution in [2.24, 2.45) is 30.7 Å². The fourth-order valence-corrected chi connectivity index (χ4v) is 5.30. The van der Waals surface area contributed by atoms with E-state index in [9.17, 15) is 14.4 Å². The van der Waals surface area contributed by atoms with Crippen LogP contribution in [-0.4, -0.2) is 17.7 Å². The second-order valence-corrected chi connectivity index (χ2v) is 12.4. The van der Waals surface area contributed by atoms with Gasteiger partial charge in [-0.25, -0.2) is 0 Å². The highest BCUT2D eigenvalue weighted by molar-refractivity contribution is 6.13. The highest BCUT2D eigenvalue weighted by Crippen LogP contribution is 2.25. The monoisotopic (exact) mass is 747 g/mol. The maximum Gasteiger partial charge on any atom is 0.255 e. The minimum Gasteiger partial charge on any atom is -0.322 e. The van der Waals surface area contributed by atoms with E-state index < -0.39 is 17.7 Å². The molecule has 0 atom stereocenters. The number of carbonyl (C=O) groups is 3. The Morgan fingerprint density at radius 1 is 0.281 bits per heavy atom. The van der Waals surface area contributed by atoms with Gasteiger partial charge in [0, 0.05) is 33.8 Å². The van der Waals surface area contributed by atoms with E-state index in [2.05, 4.69) is 46.6 Å². The molecule has 0 saturated heterocycles. The van der Waals surface area contributed by atoms with Crippen LogP contribution < -0.4 is 16.0 Å². The Morgan fingerprint density at radius 3 is 0.719 bits per heavy atom. The lowest BCUT2D eigenvalue weighted by atomic mass is 10.0. The van der Waals surface area contributed by atoms with Crippen LogP contribution in [0.3, 0.4) is 0 Å². The van der Waals surface area contributed by atoms with Gasteiger partial charge in [0.2, 0.25) is 0 Å². The third kappa shape index (κ3) is 10.7. The fraction of sp³-hybridized carbons (Fsp3) is 0. The van der Waals surface area contributed by atoms with Crippen LogP contribution in [0.15, 0.2) is 213 Å².